The van der Waals surface area contributed by atoms with E-state index < -0.39 is 28.5 Å². The van der Waals surface area contributed by atoms with Gasteiger partial charge in [-0.2, -0.15) is 0 Å². The fourth-order valence-corrected chi connectivity index (χ4v) is 6.65. The monoisotopic (exact) mass is 647 g/mol. The Morgan fingerprint density at radius 2 is 1.53 bits per heavy atom. The van der Waals surface area contributed by atoms with Gasteiger partial charge in [0.1, 0.15) is 18.3 Å². The number of sulfonamides is 1. The summed E-state index contributed by atoms with van der Waals surface area (Å²) in [6.45, 7) is 3.57. The molecule has 236 valence electrons. The standard InChI is InChI=1S/C35H38ClN3O5S/c1-4-21-37-35(41)33(23-27-13-7-5-8-14-27)38(24-28-15-11-16-29(22-28)44-3)34(40)25-39(32-20-12-19-31(36)26(32)2)45(42,43)30-17-9-6-10-18-30/h5-20,22,33H,4,21,23-25H2,1-3H3,(H,37,41)/t33-/m0/s1. The average molecular weight is 648 g/mol. The van der Waals surface area contributed by atoms with Crippen LogP contribution in [0.1, 0.15) is 30.0 Å². The molecule has 0 aromatic heterocycles. The smallest absolute Gasteiger partial charge is 0.264 e. The first-order valence-electron chi connectivity index (χ1n) is 14.7. The summed E-state index contributed by atoms with van der Waals surface area (Å²) in [6.07, 6.45) is 0.943. The fourth-order valence-electron chi connectivity index (χ4n) is 4.99. The third-order valence-electron chi connectivity index (χ3n) is 7.43. The Labute approximate surface area is 270 Å². The minimum Gasteiger partial charge on any atom is -0.497 e. The van der Waals surface area contributed by atoms with Crippen LogP contribution in [0.3, 0.4) is 0 Å². The van der Waals surface area contributed by atoms with Gasteiger partial charge in [0.2, 0.25) is 11.8 Å². The first-order chi connectivity index (χ1) is 21.6. The summed E-state index contributed by atoms with van der Waals surface area (Å²) < 4.78 is 34.8. The molecule has 0 bridgehead atoms. The van der Waals surface area contributed by atoms with Crippen LogP contribution in [0, 0.1) is 6.92 Å². The molecule has 2 amide bonds. The van der Waals surface area contributed by atoms with Crippen molar-refractivity contribution in [3.8, 4) is 5.75 Å². The number of amides is 2. The van der Waals surface area contributed by atoms with Crippen LogP contribution in [-0.4, -0.2) is 51.4 Å². The zero-order valence-electron chi connectivity index (χ0n) is 25.6. The molecule has 0 saturated carbocycles. The van der Waals surface area contributed by atoms with Crippen molar-refractivity contribution >= 4 is 39.1 Å². The molecule has 0 aliphatic rings. The summed E-state index contributed by atoms with van der Waals surface area (Å²) in [6, 6.07) is 28.6. The molecule has 0 aliphatic heterocycles. The van der Waals surface area contributed by atoms with Crippen LogP contribution in [0.25, 0.3) is 0 Å². The fraction of sp³-hybridized carbons (Fsp3) is 0.257. The van der Waals surface area contributed by atoms with E-state index in [4.69, 9.17) is 16.3 Å². The Hall–Kier alpha value is -4.34. The number of hydrogen-bond donors (Lipinski definition) is 1. The third-order valence-corrected chi connectivity index (χ3v) is 9.61. The normalized spacial score (nSPS) is 11.8. The number of carbonyl (C=O) groups is 2. The number of benzene rings is 4. The van der Waals surface area contributed by atoms with Gasteiger partial charge in [-0.3, -0.25) is 13.9 Å². The van der Waals surface area contributed by atoms with Crippen molar-refractivity contribution in [1.82, 2.24) is 10.2 Å². The van der Waals surface area contributed by atoms with Crippen LogP contribution < -0.4 is 14.4 Å². The molecule has 10 heteroatoms. The maximum Gasteiger partial charge on any atom is 0.264 e. The molecule has 0 unspecified atom stereocenters. The number of hydrogen-bond acceptors (Lipinski definition) is 5. The highest BCUT2D eigenvalue weighted by Crippen LogP contribution is 2.31. The van der Waals surface area contributed by atoms with Gasteiger partial charge in [0, 0.05) is 24.5 Å². The van der Waals surface area contributed by atoms with Crippen molar-refractivity contribution in [3.05, 3.63) is 125 Å². The predicted molar refractivity (Wildman–Crippen MR) is 178 cm³/mol. The van der Waals surface area contributed by atoms with E-state index in [2.05, 4.69) is 5.32 Å². The largest absolute Gasteiger partial charge is 0.497 e. The molecule has 0 heterocycles. The van der Waals surface area contributed by atoms with E-state index in [-0.39, 0.29) is 29.5 Å². The number of ether oxygens (including phenoxy) is 1. The first kappa shape index (κ1) is 33.6. The van der Waals surface area contributed by atoms with Gasteiger partial charge < -0.3 is 15.0 Å². The SMILES string of the molecule is CCCNC(=O)[C@H](Cc1ccccc1)N(Cc1cccc(OC)c1)C(=O)CN(c1cccc(Cl)c1C)S(=O)(=O)c1ccccc1. The van der Waals surface area contributed by atoms with Crippen molar-refractivity contribution in [3.63, 3.8) is 0 Å². The highest BCUT2D eigenvalue weighted by Gasteiger charge is 2.35. The van der Waals surface area contributed by atoms with Gasteiger partial charge in [-0.15, -0.1) is 0 Å². The van der Waals surface area contributed by atoms with Crippen molar-refractivity contribution in [2.75, 3.05) is 24.5 Å². The lowest BCUT2D eigenvalue weighted by Crippen LogP contribution is -2.53. The lowest BCUT2D eigenvalue weighted by atomic mass is 10.0. The van der Waals surface area contributed by atoms with E-state index in [9.17, 15) is 18.0 Å². The van der Waals surface area contributed by atoms with Crippen molar-refractivity contribution in [2.45, 2.75) is 44.2 Å². The summed E-state index contributed by atoms with van der Waals surface area (Å²) in [4.78, 5) is 29.8. The van der Waals surface area contributed by atoms with Gasteiger partial charge in [-0.25, -0.2) is 8.42 Å². The van der Waals surface area contributed by atoms with E-state index in [0.29, 0.717) is 29.3 Å². The summed E-state index contributed by atoms with van der Waals surface area (Å²) in [5.41, 5.74) is 2.36. The molecule has 4 aromatic carbocycles. The molecule has 4 aromatic rings. The zero-order chi connectivity index (χ0) is 32.4. The van der Waals surface area contributed by atoms with Gasteiger partial charge in [0.05, 0.1) is 17.7 Å². The van der Waals surface area contributed by atoms with Crippen LogP contribution >= 0.6 is 11.6 Å². The molecule has 0 aliphatic carbocycles. The first-order valence-corrected chi connectivity index (χ1v) is 16.5. The second-order valence-electron chi connectivity index (χ2n) is 10.6. The van der Waals surface area contributed by atoms with E-state index in [1.807, 2.05) is 49.4 Å². The number of nitrogens with one attached hydrogen (secondary N) is 1. The number of rotatable bonds is 14. The molecule has 45 heavy (non-hydrogen) atoms. The minimum atomic E-state index is -4.22. The van der Waals surface area contributed by atoms with Crippen LogP contribution in [0.4, 0.5) is 5.69 Å². The highest BCUT2D eigenvalue weighted by atomic mass is 35.5. The van der Waals surface area contributed by atoms with Gasteiger partial charge in [-0.05, 0) is 66.4 Å². The van der Waals surface area contributed by atoms with E-state index >= 15 is 0 Å². The lowest BCUT2D eigenvalue weighted by molar-refractivity contribution is -0.140. The van der Waals surface area contributed by atoms with Gasteiger partial charge in [0.15, 0.2) is 0 Å². The number of carbonyl (C=O) groups excluding carboxylic acids is 2. The number of anilines is 1. The van der Waals surface area contributed by atoms with Crippen LogP contribution in [0.2, 0.25) is 5.02 Å². The molecule has 1 N–H and O–H groups in total. The Kier molecular flexibility index (Phi) is 11.6. The van der Waals surface area contributed by atoms with Gasteiger partial charge >= 0.3 is 0 Å². The zero-order valence-corrected chi connectivity index (χ0v) is 27.2. The Morgan fingerprint density at radius 1 is 0.889 bits per heavy atom. The molecule has 4 rings (SSSR count). The highest BCUT2D eigenvalue weighted by molar-refractivity contribution is 7.92. The molecule has 0 fully saturated rings. The Bertz CT molecular complexity index is 1700. The quantitative estimate of drug-likeness (QED) is 0.181. The average Bonchev–Trinajstić information content (AvgIpc) is 3.06. The summed E-state index contributed by atoms with van der Waals surface area (Å²) in [7, 11) is -2.66. The molecular formula is C35H38ClN3O5S. The Balaban J connectivity index is 1.83. The predicted octanol–water partition coefficient (Wildman–Crippen LogP) is 6.02. The maximum absolute atomic E-state index is 14.5. The summed E-state index contributed by atoms with van der Waals surface area (Å²) >= 11 is 6.44. The van der Waals surface area contributed by atoms with Gasteiger partial charge in [0.25, 0.3) is 10.0 Å². The molecule has 0 radical (unpaired) electrons. The van der Waals surface area contributed by atoms with Crippen molar-refractivity contribution < 1.29 is 22.7 Å². The van der Waals surface area contributed by atoms with E-state index in [0.717, 1.165) is 15.4 Å². The van der Waals surface area contributed by atoms with Crippen molar-refractivity contribution in [1.29, 1.82) is 0 Å². The van der Waals surface area contributed by atoms with Crippen LogP contribution in [0.15, 0.2) is 108 Å². The second kappa shape index (κ2) is 15.6. The summed E-state index contributed by atoms with van der Waals surface area (Å²) in [5, 5.41) is 3.31. The van der Waals surface area contributed by atoms with Crippen LogP contribution in [0.5, 0.6) is 5.75 Å². The maximum atomic E-state index is 14.5. The lowest BCUT2D eigenvalue weighted by Gasteiger charge is -2.34. The molecule has 0 spiro atoms. The topological polar surface area (TPSA) is 96.0 Å². The van der Waals surface area contributed by atoms with Crippen LogP contribution in [-0.2, 0) is 32.6 Å². The minimum absolute atomic E-state index is 0.0260. The molecule has 8 nitrogen and oxygen atoms in total. The van der Waals surface area contributed by atoms with E-state index in [1.54, 1.807) is 62.6 Å². The number of methoxy groups -OCH3 is 1. The Morgan fingerprint density at radius 3 is 2.20 bits per heavy atom. The molecular weight excluding hydrogens is 610 g/mol. The van der Waals surface area contributed by atoms with E-state index in [1.165, 1.54) is 17.0 Å². The van der Waals surface area contributed by atoms with Gasteiger partial charge in [-0.1, -0.05) is 85.3 Å². The summed E-state index contributed by atoms with van der Waals surface area (Å²) in [5.74, 6) is -0.282. The third kappa shape index (κ3) is 8.44. The number of nitrogens with zero attached hydrogens (tertiary/aromatic N) is 2. The van der Waals surface area contributed by atoms with Crippen molar-refractivity contribution in [2.24, 2.45) is 0 Å². The second-order valence-corrected chi connectivity index (χ2v) is 12.8. The molecule has 1 atom stereocenters. The molecule has 0 saturated heterocycles. The number of halogens is 1.